The Morgan fingerprint density at radius 2 is 2.10 bits per heavy atom. The van der Waals surface area contributed by atoms with Crippen LogP contribution >= 0.6 is 11.6 Å². The Kier molecular flexibility index (Phi) is 4.75. The van der Waals surface area contributed by atoms with Crippen molar-refractivity contribution >= 4 is 29.0 Å². The summed E-state index contributed by atoms with van der Waals surface area (Å²) in [5, 5.41) is 5.70. The molecule has 0 aliphatic rings. The third-order valence-corrected chi connectivity index (χ3v) is 3.06. The number of anilines is 2. The van der Waals surface area contributed by atoms with Crippen molar-refractivity contribution in [2.24, 2.45) is 0 Å². The summed E-state index contributed by atoms with van der Waals surface area (Å²) in [7, 11) is 0. The summed E-state index contributed by atoms with van der Waals surface area (Å²) >= 11 is 5.61. The lowest BCUT2D eigenvalue weighted by molar-refractivity contribution is 0.102. The molecule has 1 amide bonds. The number of carbonyl (C=O) groups is 1. The van der Waals surface area contributed by atoms with E-state index in [0.717, 1.165) is 5.69 Å². The van der Waals surface area contributed by atoms with Gasteiger partial charge in [0.25, 0.3) is 5.91 Å². The molecule has 6 heteroatoms. The van der Waals surface area contributed by atoms with Gasteiger partial charge in [-0.3, -0.25) is 4.79 Å². The first-order valence-electron chi connectivity index (χ1n) is 6.48. The number of aryl methyl sites for hydroxylation is 1. The van der Waals surface area contributed by atoms with Crippen LogP contribution in [0.2, 0.25) is 5.02 Å². The van der Waals surface area contributed by atoms with Gasteiger partial charge in [0, 0.05) is 23.5 Å². The van der Waals surface area contributed by atoms with Gasteiger partial charge in [0.1, 0.15) is 11.6 Å². The van der Waals surface area contributed by atoms with Crippen molar-refractivity contribution in [3.8, 4) is 0 Å². The smallest absolute Gasteiger partial charge is 0.255 e. The predicted molar refractivity (Wildman–Crippen MR) is 82.5 cm³/mol. The molecule has 0 unspecified atom stereocenters. The number of benzene rings is 1. The number of rotatable bonds is 4. The second-order valence-corrected chi connectivity index (χ2v) is 4.90. The molecule has 0 saturated carbocycles. The van der Waals surface area contributed by atoms with E-state index in [4.69, 9.17) is 11.6 Å². The van der Waals surface area contributed by atoms with Crippen LogP contribution in [-0.4, -0.2) is 17.4 Å². The molecule has 0 fully saturated rings. The van der Waals surface area contributed by atoms with Crippen LogP contribution in [0.25, 0.3) is 0 Å². The van der Waals surface area contributed by atoms with Crippen molar-refractivity contribution in [1.29, 1.82) is 0 Å². The van der Waals surface area contributed by atoms with Crippen LogP contribution in [0.15, 0.2) is 30.3 Å². The van der Waals surface area contributed by atoms with Gasteiger partial charge in [-0.25, -0.2) is 9.37 Å². The lowest BCUT2D eigenvalue weighted by atomic mass is 10.2. The third-order valence-electron chi connectivity index (χ3n) is 2.75. The molecular formula is C15H15ClFN3O. The minimum atomic E-state index is -0.575. The SMILES string of the molecule is CCNc1cc(C(=O)Nc2ccc(Cl)c(F)c2)cc(C)n1. The van der Waals surface area contributed by atoms with Crippen molar-refractivity contribution < 1.29 is 9.18 Å². The Bertz CT molecular complexity index is 676. The predicted octanol–water partition coefficient (Wildman–Crippen LogP) is 3.87. The molecule has 2 rings (SSSR count). The molecule has 110 valence electrons. The van der Waals surface area contributed by atoms with E-state index < -0.39 is 5.82 Å². The molecule has 0 spiro atoms. The molecule has 0 aliphatic carbocycles. The average molecular weight is 308 g/mol. The summed E-state index contributed by atoms with van der Waals surface area (Å²) in [4.78, 5) is 16.5. The molecule has 0 radical (unpaired) electrons. The summed E-state index contributed by atoms with van der Waals surface area (Å²) in [6.45, 7) is 4.46. The normalized spacial score (nSPS) is 10.3. The van der Waals surface area contributed by atoms with Crippen molar-refractivity contribution in [1.82, 2.24) is 4.98 Å². The van der Waals surface area contributed by atoms with Crippen LogP contribution in [0, 0.1) is 12.7 Å². The van der Waals surface area contributed by atoms with Gasteiger partial charge in [-0.2, -0.15) is 0 Å². The van der Waals surface area contributed by atoms with Crippen molar-refractivity contribution in [3.05, 3.63) is 52.4 Å². The minimum Gasteiger partial charge on any atom is -0.370 e. The van der Waals surface area contributed by atoms with Crippen LogP contribution in [0.4, 0.5) is 15.9 Å². The van der Waals surface area contributed by atoms with E-state index in [1.165, 1.54) is 12.1 Å². The van der Waals surface area contributed by atoms with Gasteiger partial charge in [0.2, 0.25) is 0 Å². The van der Waals surface area contributed by atoms with Crippen molar-refractivity contribution in [2.45, 2.75) is 13.8 Å². The first-order chi connectivity index (χ1) is 9.99. The van der Waals surface area contributed by atoms with Crippen LogP contribution in [0.3, 0.4) is 0 Å². The van der Waals surface area contributed by atoms with Crippen LogP contribution in [0.5, 0.6) is 0 Å². The van der Waals surface area contributed by atoms with E-state index in [2.05, 4.69) is 15.6 Å². The lowest BCUT2D eigenvalue weighted by Crippen LogP contribution is -2.13. The zero-order valence-electron chi connectivity index (χ0n) is 11.7. The number of halogens is 2. The van der Waals surface area contributed by atoms with E-state index in [-0.39, 0.29) is 10.9 Å². The van der Waals surface area contributed by atoms with Gasteiger partial charge in [0.05, 0.1) is 5.02 Å². The van der Waals surface area contributed by atoms with Gasteiger partial charge in [0.15, 0.2) is 0 Å². The Labute approximate surface area is 127 Å². The van der Waals surface area contributed by atoms with Crippen molar-refractivity contribution in [2.75, 3.05) is 17.2 Å². The average Bonchev–Trinajstić information content (AvgIpc) is 2.42. The zero-order chi connectivity index (χ0) is 15.4. The fourth-order valence-corrected chi connectivity index (χ4v) is 1.97. The maximum Gasteiger partial charge on any atom is 0.255 e. The van der Waals surface area contributed by atoms with Crippen LogP contribution < -0.4 is 10.6 Å². The summed E-state index contributed by atoms with van der Waals surface area (Å²) < 4.78 is 13.4. The minimum absolute atomic E-state index is 0.0159. The van der Waals surface area contributed by atoms with Crippen LogP contribution in [0.1, 0.15) is 23.0 Å². The summed E-state index contributed by atoms with van der Waals surface area (Å²) in [5.74, 6) is -0.278. The number of amides is 1. The molecule has 0 atom stereocenters. The summed E-state index contributed by atoms with van der Waals surface area (Å²) in [6.07, 6.45) is 0. The number of nitrogens with one attached hydrogen (secondary N) is 2. The standard InChI is InChI=1S/C15H15ClFN3O/c1-3-18-14-7-10(6-9(2)19-14)15(21)20-11-4-5-12(16)13(17)8-11/h4-8H,3H2,1-2H3,(H,18,19)(H,20,21). The molecule has 1 aromatic heterocycles. The molecule has 1 aromatic carbocycles. The summed E-state index contributed by atoms with van der Waals surface area (Å²) in [5.41, 5.74) is 1.52. The van der Waals surface area contributed by atoms with E-state index in [1.54, 1.807) is 25.1 Å². The zero-order valence-corrected chi connectivity index (χ0v) is 12.5. The fourth-order valence-electron chi connectivity index (χ4n) is 1.85. The second-order valence-electron chi connectivity index (χ2n) is 4.50. The number of aromatic nitrogens is 1. The quantitative estimate of drug-likeness (QED) is 0.901. The topological polar surface area (TPSA) is 54.0 Å². The molecule has 0 bridgehead atoms. The lowest BCUT2D eigenvalue weighted by Gasteiger charge is -2.09. The van der Waals surface area contributed by atoms with E-state index in [1.807, 2.05) is 6.92 Å². The Morgan fingerprint density at radius 1 is 1.33 bits per heavy atom. The van der Waals surface area contributed by atoms with Crippen LogP contribution in [-0.2, 0) is 0 Å². The van der Waals surface area contributed by atoms with Gasteiger partial charge in [-0.1, -0.05) is 11.6 Å². The molecule has 0 saturated heterocycles. The molecule has 2 aromatic rings. The molecule has 1 heterocycles. The highest BCUT2D eigenvalue weighted by Crippen LogP contribution is 2.19. The van der Waals surface area contributed by atoms with Crippen molar-refractivity contribution in [3.63, 3.8) is 0 Å². The number of hydrogen-bond acceptors (Lipinski definition) is 3. The summed E-state index contributed by atoms with van der Waals surface area (Å²) in [6, 6.07) is 7.44. The number of nitrogens with zero attached hydrogens (tertiary/aromatic N) is 1. The Hall–Kier alpha value is -2.14. The maximum atomic E-state index is 13.4. The first-order valence-corrected chi connectivity index (χ1v) is 6.86. The first kappa shape index (κ1) is 15.3. The highest BCUT2D eigenvalue weighted by Gasteiger charge is 2.10. The Balaban J connectivity index is 2.21. The van der Waals surface area contributed by atoms with E-state index >= 15 is 0 Å². The van der Waals surface area contributed by atoms with Gasteiger partial charge in [-0.15, -0.1) is 0 Å². The molecule has 4 nitrogen and oxygen atoms in total. The second kappa shape index (κ2) is 6.54. The van der Waals surface area contributed by atoms with E-state index in [9.17, 15) is 9.18 Å². The Morgan fingerprint density at radius 3 is 2.76 bits per heavy atom. The highest BCUT2D eigenvalue weighted by atomic mass is 35.5. The van der Waals surface area contributed by atoms with Gasteiger partial charge in [-0.05, 0) is 44.2 Å². The van der Waals surface area contributed by atoms with Gasteiger partial charge >= 0.3 is 0 Å². The maximum absolute atomic E-state index is 13.4. The molecular weight excluding hydrogens is 293 g/mol. The molecule has 21 heavy (non-hydrogen) atoms. The largest absolute Gasteiger partial charge is 0.370 e. The number of hydrogen-bond donors (Lipinski definition) is 2. The van der Waals surface area contributed by atoms with Gasteiger partial charge < -0.3 is 10.6 Å². The van der Waals surface area contributed by atoms with E-state index in [0.29, 0.717) is 23.6 Å². The monoisotopic (exact) mass is 307 g/mol. The number of carbonyl (C=O) groups excluding carboxylic acids is 1. The highest BCUT2D eigenvalue weighted by molar-refractivity contribution is 6.30. The number of pyridine rings is 1. The molecule has 2 N–H and O–H groups in total. The fraction of sp³-hybridized carbons (Fsp3) is 0.200. The molecule has 0 aliphatic heterocycles. The third kappa shape index (κ3) is 3.92.